The van der Waals surface area contributed by atoms with Crippen molar-refractivity contribution in [1.29, 1.82) is 0 Å². The highest BCUT2D eigenvalue weighted by atomic mass is 127. The van der Waals surface area contributed by atoms with Crippen LogP contribution < -0.4 is 11.1 Å². The minimum atomic E-state index is -0.0895. The molecule has 2 aromatic rings. The maximum atomic E-state index is 9.23. The van der Waals surface area contributed by atoms with Gasteiger partial charge in [0.25, 0.3) is 0 Å². The summed E-state index contributed by atoms with van der Waals surface area (Å²) in [5, 5.41) is 13.5. The number of nitrogens with two attached hydrogens (primary N) is 1. The number of hydrogen-bond acceptors (Lipinski definition) is 2. The molecule has 0 amide bonds. The largest absolute Gasteiger partial charge is 0.508 e. The van der Waals surface area contributed by atoms with Crippen LogP contribution in [0.15, 0.2) is 47.5 Å². The van der Waals surface area contributed by atoms with Crippen LogP contribution in [0.25, 0.3) is 0 Å². The lowest BCUT2D eigenvalue weighted by Crippen LogP contribution is -2.33. The normalized spacial score (nSPS) is 12.4. The van der Waals surface area contributed by atoms with Crippen LogP contribution in [0.4, 0.5) is 0 Å². The van der Waals surface area contributed by atoms with Crippen LogP contribution in [-0.2, 0) is 6.54 Å². The third-order valence-corrected chi connectivity index (χ3v) is 3.72. The van der Waals surface area contributed by atoms with E-state index < -0.39 is 0 Å². The maximum Gasteiger partial charge on any atom is 0.189 e. The summed E-state index contributed by atoms with van der Waals surface area (Å²) in [5.41, 5.74) is 7.75. The van der Waals surface area contributed by atoms with E-state index in [4.69, 9.17) is 28.9 Å². The van der Waals surface area contributed by atoms with Gasteiger partial charge in [-0.15, -0.1) is 24.0 Å². The van der Waals surface area contributed by atoms with Crippen molar-refractivity contribution in [3.63, 3.8) is 0 Å². The molecule has 0 spiro atoms. The molecule has 0 radical (unpaired) electrons. The third-order valence-electron chi connectivity index (χ3n) is 3.16. The van der Waals surface area contributed by atoms with E-state index in [1.54, 1.807) is 36.4 Å². The molecule has 1 atom stereocenters. The van der Waals surface area contributed by atoms with E-state index in [-0.39, 0.29) is 35.8 Å². The fourth-order valence-corrected chi connectivity index (χ4v) is 2.55. The summed E-state index contributed by atoms with van der Waals surface area (Å²) in [4.78, 5) is 4.27. The first-order chi connectivity index (χ1) is 10.5. The van der Waals surface area contributed by atoms with Gasteiger partial charge in [0.15, 0.2) is 5.96 Å². The summed E-state index contributed by atoms with van der Waals surface area (Å²) in [6, 6.07) is 12.1. The number of hydrogen-bond donors (Lipinski definition) is 3. The predicted octanol–water partition coefficient (Wildman–Crippen LogP) is 4.48. The zero-order valence-corrected chi connectivity index (χ0v) is 16.3. The molecule has 0 fully saturated rings. The lowest BCUT2D eigenvalue weighted by molar-refractivity contribution is 0.475. The maximum absolute atomic E-state index is 9.23. The molecule has 4 N–H and O–H groups in total. The molecular weight excluding hydrogens is 448 g/mol. The van der Waals surface area contributed by atoms with Gasteiger partial charge in [-0.1, -0.05) is 41.4 Å². The lowest BCUT2D eigenvalue weighted by atomic mass is 10.1. The van der Waals surface area contributed by atoms with Crippen molar-refractivity contribution < 1.29 is 5.11 Å². The molecule has 0 aliphatic carbocycles. The number of aliphatic imine (C=N–C) groups is 1. The van der Waals surface area contributed by atoms with Crippen molar-refractivity contribution in [2.75, 3.05) is 0 Å². The zero-order valence-electron chi connectivity index (χ0n) is 12.5. The summed E-state index contributed by atoms with van der Waals surface area (Å²) >= 11 is 12.1. The topological polar surface area (TPSA) is 70.6 Å². The van der Waals surface area contributed by atoms with Crippen molar-refractivity contribution in [2.45, 2.75) is 19.5 Å². The minimum Gasteiger partial charge on any atom is -0.508 e. The van der Waals surface area contributed by atoms with E-state index in [1.807, 2.05) is 13.0 Å². The van der Waals surface area contributed by atoms with Gasteiger partial charge in [0.2, 0.25) is 0 Å². The molecule has 7 heteroatoms. The molecule has 4 nitrogen and oxygen atoms in total. The molecule has 1 unspecified atom stereocenters. The Bertz CT molecular complexity index is 678. The SMILES string of the molecule is CC(NC(N)=NCc1ccc(O)cc1)c1ccc(Cl)cc1Cl.I. The molecule has 23 heavy (non-hydrogen) atoms. The van der Waals surface area contributed by atoms with Gasteiger partial charge in [-0.2, -0.15) is 0 Å². The number of benzene rings is 2. The van der Waals surface area contributed by atoms with Gasteiger partial charge in [-0.05, 0) is 42.3 Å². The molecule has 0 heterocycles. The van der Waals surface area contributed by atoms with Crippen LogP contribution in [0, 0.1) is 0 Å². The highest BCUT2D eigenvalue weighted by Gasteiger charge is 2.10. The third kappa shape index (κ3) is 6.08. The number of aromatic hydroxyl groups is 1. The van der Waals surface area contributed by atoms with Gasteiger partial charge >= 0.3 is 0 Å². The quantitative estimate of drug-likeness (QED) is 0.354. The molecule has 0 aliphatic rings. The highest BCUT2D eigenvalue weighted by Crippen LogP contribution is 2.25. The Morgan fingerprint density at radius 3 is 2.48 bits per heavy atom. The van der Waals surface area contributed by atoms with Crippen LogP contribution in [0.2, 0.25) is 10.0 Å². The number of phenolic OH excluding ortho intramolecular Hbond substituents is 1. The number of phenols is 1. The Labute approximate surface area is 162 Å². The van der Waals surface area contributed by atoms with E-state index in [9.17, 15) is 5.11 Å². The first-order valence-corrected chi connectivity index (χ1v) is 7.50. The number of guanidine groups is 1. The Morgan fingerprint density at radius 1 is 1.22 bits per heavy atom. The van der Waals surface area contributed by atoms with Crippen LogP contribution in [0.3, 0.4) is 0 Å². The number of rotatable bonds is 4. The minimum absolute atomic E-state index is 0. The van der Waals surface area contributed by atoms with Gasteiger partial charge in [0.1, 0.15) is 5.75 Å². The van der Waals surface area contributed by atoms with E-state index >= 15 is 0 Å². The van der Waals surface area contributed by atoms with Gasteiger partial charge in [0.05, 0.1) is 12.6 Å². The van der Waals surface area contributed by atoms with Gasteiger partial charge in [-0.3, -0.25) is 0 Å². The highest BCUT2D eigenvalue weighted by molar-refractivity contribution is 14.0. The van der Waals surface area contributed by atoms with Gasteiger partial charge in [0, 0.05) is 10.0 Å². The Kier molecular flexibility index (Phi) is 7.94. The zero-order chi connectivity index (χ0) is 16.1. The van der Waals surface area contributed by atoms with Gasteiger partial charge < -0.3 is 16.2 Å². The number of nitrogens with one attached hydrogen (secondary N) is 1. The standard InChI is InChI=1S/C16H17Cl2N3O.HI/c1-10(14-7-4-12(17)8-15(14)18)21-16(19)20-9-11-2-5-13(22)6-3-11;/h2-8,10,22H,9H2,1H3,(H3,19,20,21);1H. The number of halogens is 3. The van der Waals surface area contributed by atoms with Crippen LogP contribution in [0.1, 0.15) is 24.1 Å². The summed E-state index contributed by atoms with van der Waals surface area (Å²) in [6.45, 7) is 2.37. The molecule has 0 saturated carbocycles. The molecule has 0 saturated heterocycles. The average molecular weight is 466 g/mol. The Balaban J connectivity index is 0.00000264. The molecule has 0 aliphatic heterocycles. The Hall–Kier alpha value is -1.18. The van der Waals surface area contributed by atoms with E-state index in [1.165, 1.54) is 0 Å². The van der Waals surface area contributed by atoms with Crippen LogP contribution >= 0.6 is 47.2 Å². The fraction of sp³-hybridized carbons (Fsp3) is 0.188. The van der Waals surface area contributed by atoms with Crippen molar-refractivity contribution in [3.8, 4) is 5.75 Å². The van der Waals surface area contributed by atoms with Crippen molar-refractivity contribution in [1.82, 2.24) is 5.32 Å². The molecular formula is C16H18Cl2IN3O. The second-order valence-corrected chi connectivity index (χ2v) is 5.74. The summed E-state index contributed by atoms with van der Waals surface area (Å²) < 4.78 is 0. The molecule has 0 aromatic heterocycles. The van der Waals surface area contributed by atoms with Crippen LogP contribution in [-0.4, -0.2) is 11.1 Å². The second-order valence-electron chi connectivity index (χ2n) is 4.90. The van der Waals surface area contributed by atoms with E-state index in [0.717, 1.165) is 11.1 Å². The Morgan fingerprint density at radius 2 is 1.87 bits per heavy atom. The smallest absolute Gasteiger partial charge is 0.189 e. The van der Waals surface area contributed by atoms with E-state index in [2.05, 4.69) is 10.3 Å². The summed E-state index contributed by atoms with van der Waals surface area (Å²) in [5.74, 6) is 0.552. The van der Waals surface area contributed by atoms with Crippen LogP contribution in [0.5, 0.6) is 5.75 Å². The molecule has 124 valence electrons. The van der Waals surface area contributed by atoms with E-state index in [0.29, 0.717) is 22.5 Å². The molecule has 0 bridgehead atoms. The summed E-state index contributed by atoms with van der Waals surface area (Å²) in [7, 11) is 0. The molecule has 2 aromatic carbocycles. The predicted molar refractivity (Wildman–Crippen MR) is 107 cm³/mol. The summed E-state index contributed by atoms with van der Waals surface area (Å²) in [6.07, 6.45) is 0. The second kappa shape index (κ2) is 9.20. The lowest BCUT2D eigenvalue weighted by Gasteiger charge is -2.16. The molecule has 2 rings (SSSR count). The van der Waals surface area contributed by atoms with Crippen molar-refractivity contribution >= 4 is 53.1 Å². The first kappa shape index (κ1) is 19.9. The number of nitrogens with zero attached hydrogens (tertiary/aromatic N) is 1. The first-order valence-electron chi connectivity index (χ1n) is 6.75. The average Bonchev–Trinajstić information content (AvgIpc) is 2.46. The fourth-order valence-electron chi connectivity index (χ4n) is 1.98. The monoisotopic (exact) mass is 465 g/mol. The van der Waals surface area contributed by atoms with Crippen molar-refractivity contribution in [2.24, 2.45) is 10.7 Å². The van der Waals surface area contributed by atoms with Gasteiger partial charge in [-0.25, -0.2) is 4.99 Å². The van der Waals surface area contributed by atoms with Crippen molar-refractivity contribution in [3.05, 3.63) is 63.6 Å².